The molecule has 1 aliphatic heterocycles. The summed E-state index contributed by atoms with van der Waals surface area (Å²) in [6.45, 7) is 7.24. The van der Waals surface area contributed by atoms with Crippen molar-refractivity contribution in [3.8, 4) is 23.3 Å². The van der Waals surface area contributed by atoms with Crippen LogP contribution < -0.4 is 0 Å². The smallest absolute Gasteiger partial charge is 0.103 e. The van der Waals surface area contributed by atoms with Crippen molar-refractivity contribution in [2.75, 3.05) is 26.7 Å². The quantitative estimate of drug-likeness (QED) is 0.304. The first-order valence-corrected chi connectivity index (χ1v) is 13.2. The first-order valence-electron chi connectivity index (χ1n) is 12.4. The molecule has 0 saturated carbocycles. The number of rotatable bonds is 7. The Morgan fingerprint density at radius 2 is 1.82 bits per heavy atom. The lowest BCUT2D eigenvalue weighted by Gasteiger charge is -2.33. The Morgan fingerprint density at radius 3 is 2.53 bits per heavy atom. The first kappa shape index (κ1) is 27.4. The summed E-state index contributed by atoms with van der Waals surface area (Å²) in [5.74, 6) is 0. The van der Waals surface area contributed by atoms with E-state index in [1.54, 1.807) is 23.9 Å². The van der Waals surface area contributed by atoms with Gasteiger partial charge in [0.1, 0.15) is 12.1 Å². The van der Waals surface area contributed by atoms with Crippen LogP contribution in [0.2, 0.25) is 0 Å². The number of pyridine rings is 1. The van der Waals surface area contributed by atoms with Crippen molar-refractivity contribution in [1.82, 2.24) is 24.3 Å². The molecule has 9 heteroatoms. The van der Waals surface area contributed by atoms with Gasteiger partial charge in [-0.15, -0.1) is 0 Å². The summed E-state index contributed by atoms with van der Waals surface area (Å²) >= 11 is 1.48. The summed E-state index contributed by atoms with van der Waals surface area (Å²) in [6.07, 6.45) is 7.82. The summed E-state index contributed by atoms with van der Waals surface area (Å²) in [5, 5.41) is 28.5. The zero-order valence-electron chi connectivity index (χ0n) is 21.3. The van der Waals surface area contributed by atoms with E-state index in [0.717, 1.165) is 64.6 Å². The van der Waals surface area contributed by atoms with Crippen molar-refractivity contribution < 1.29 is 4.74 Å². The van der Waals surface area contributed by atoms with Gasteiger partial charge in [0.2, 0.25) is 0 Å². The average Bonchev–Trinajstić information content (AvgIpc) is 3.52. The molecule has 1 aliphatic rings. The molecular formula is C29H33N7OS. The van der Waals surface area contributed by atoms with Crippen molar-refractivity contribution in [3.63, 3.8) is 0 Å². The molecule has 5 rings (SSSR count). The number of hydrogen-bond acceptors (Lipinski definition) is 7. The number of benzene rings is 1. The van der Waals surface area contributed by atoms with E-state index in [9.17, 15) is 10.5 Å². The Kier molecular flexibility index (Phi) is 8.53. The molecule has 4 aromatic rings. The number of piperidine rings is 1. The lowest BCUT2D eigenvalue weighted by atomic mass is 10.0. The minimum absolute atomic E-state index is 0. The predicted octanol–water partition coefficient (Wildman–Crippen LogP) is 5.71. The van der Waals surface area contributed by atoms with Crippen LogP contribution in [0.4, 0.5) is 0 Å². The van der Waals surface area contributed by atoms with E-state index in [4.69, 9.17) is 9.84 Å². The van der Waals surface area contributed by atoms with E-state index in [2.05, 4.69) is 46.7 Å². The van der Waals surface area contributed by atoms with E-state index in [1.165, 1.54) is 11.8 Å². The molecule has 0 amide bonds. The molecular weight excluding hydrogens is 494 g/mol. The Bertz CT molecular complexity index is 1500. The number of ether oxygens (including phenoxy) is 1. The van der Waals surface area contributed by atoms with Gasteiger partial charge in [-0.05, 0) is 44.9 Å². The minimum atomic E-state index is 0. The Morgan fingerprint density at radius 1 is 1.08 bits per heavy atom. The van der Waals surface area contributed by atoms with Gasteiger partial charge in [0.05, 0.1) is 41.2 Å². The van der Waals surface area contributed by atoms with Crippen LogP contribution in [0.1, 0.15) is 50.1 Å². The number of nitriles is 2. The number of aromatic nitrogens is 4. The number of fused-ring (bicyclic) bond motifs is 1. The monoisotopic (exact) mass is 527 g/mol. The molecule has 0 aliphatic carbocycles. The van der Waals surface area contributed by atoms with Crippen LogP contribution in [0.25, 0.3) is 16.6 Å². The van der Waals surface area contributed by atoms with E-state index < -0.39 is 0 Å². The summed E-state index contributed by atoms with van der Waals surface area (Å²) in [5.41, 5.74) is 4.99. The molecule has 3 aromatic heterocycles. The molecule has 8 nitrogen and oxygen atoms in total. The first-order chi connectivity index (χ1) is 18.0. The largest absolute Gasteiger partial charge is 0.380 e. The topological polar surface area (TPSA) is 95.2 Å². The maximum atomic E-state index is 9.69. The Hall–Kier alpha value is -3.63. The molecule has 196 valence electrons. The van der Waals surface area contributed by atoms with Gasteiger partial charge < -0.3 is 9.64 Å². The van der Waals surface area contributed by atoms with E-state index >= 15 is 0 Å². The Labute approximate surface area is 228 Å². The van der Waals surface area contributed by atoms with Crippen molar-refractivity contribution in [1.29, 1.82) is 10.5 Å². The summed E-state index contributed by atoms with van der Waals surface area (Å²) in [6, 6.07) is 14.5. The van der Waals surface area contributed by atoms with Gasteiger partial charge in [-0.2, -0.15) is 20.7 Å². The second-order valence-electron chi connectivity index (χ2n) is 9.43. The van der Waals surface area contributed by atoms with Gasteiger partial charge in [-0.25, -0.2) is 4.52 Å². The fourth-order valence-electron chi connectivity index (χ4n) is 5.02. The molecule has 4 heterocycles. The van der Waals surface area contributed by atoms with Crippen LogP contribution in [0.3, 0.4) is 0 Å². The lowest BCUT2D eigenvalue weighted by molar-refractivity contribution is 0.0624. The van der Waals surface area contributed by atoms with Gasteiger partial charge in [-0.3, -0.25) is 4.68 Å². The third-order valence-electron chi connectivity index (χ3n) is 7.10. The highest BCUT2D eigenvalue weighted by molar-refractivity contribution is 7.99. The van der Waals surface area contributed by atoms with Gasteiger partial charge in [0.25, 0.3) is 0 Å². The summed E-state index contributed by atoms with van der Waals surface area (Å²) in [4.78, 5) is 4.18. The van der Waals surface area contributed by atoms with Crippen molar-refractivity contribution in [3.05, 3.63) is 65.7 Å². The second kappa shape index (κ2) is 11.8. The Balaban J connectivity index is 0.00000336. The van der Waals surface area contributed by atoms with Gasteiger partial charge in [-0.1, -0.05) is 31.3 Å². The third kappa shape index (κ3) is 5.32. The van der Waals surface area contributed by atoms with Crippen LogP contribution in [-0.2, 0) is 4.74 Å². The highest BCUT2D eigenvalue weighted by Gasteiger charge is 2.25. The maximum absolute atomic E-state index is 9.69. The predicted molar refractivity (Wildman–Crippen MR) is 149 cm³/mol. The summed E-state index contributed by atoms with van der Waals surface area (Å²) in [7, 11) is 1.76. The van der Waals surface area contributed by atoms with Crippen LogP contribution in [-0.4, -0.2) is 57.1 Å². The molecule has 1 fully saturated rings. The second-order valence-corrected chi connectivity index (χ2v) is 10.5. The van der Waals surface area contributed by atoms with Gasteiger partial charge in [0.15, 0.2) is 0 Å². The normalized spacial score (nSPS) is 15.1. The molecule has 1 atom stereocenters. The molecule has 0 unspecified atom stereocenters. The maximum Gasteiger partial charge on any atom is 0.103 e. The molecule has 38 heavy (non-hydrogen) atoms. The van der Waals surface area contributed by atoms with Crippen molar-refractivity contribution in [2.24, 2.45) is 0 Å². The van der Waals surface area contributed by atoms with E-state index in [-0.39, 0.29) is 13.5 Å². The zero-order valence-corrected chi connectivity index (χ0v) is 22.1. The number of methoxy groups -OCH3 is 1. The molecule has 0 spiro atoms. The number of hydrogen-bond donors (Lipinski definition) is 0. The van der Waals surface area contributed by atoms with Crippen LogP contribution >= 0.6 is 11.8 Å². The van der Waals surface area contributed by atoms with Crippen molar-refractivity contribution >= 4 is 17.3 Å². The van der Waals surface area contributed by atoms with E-state index in [1.807, 2.05) is 30.6 Å². The fraction of sp³-hybridized carbons (Fsp3) is 0.379. The average molecular weight is 528 g/mol. The standard InChI is InChI=1S/C28H29N7OS.CH4/c1-19(36-3)17-33-10-8-24(9-11-33)35-20(2)25(16-32-35)22-12-27(28-23(14-30)15-31-34(28)18-22)37-26-7-5-4-6-21(26)13-29;/h4-7,12,15-16,18-19,24H,8-11,17H2,1-3H3;1H4/t19-;/m0./s1. The fourth-order valence-corrected chi connectivity index (χ4v) is 6.11. The third-order valence-corrected chi connectivity index (χ3v) is 8.21. The zero-order chi connectivity index (χ0) is 25.9. The highest BCUT2D eigenvalue weighted by atomic mass is 32.2. The van der Waals surface area contributed by atoms with Crippen molar-refractivity contribution in [2.45, 2.75) is 56.1 Å². The minimum Gasteiger partial charge on any atom is -0.380 e. The lowest BCUT2D eigenvalue weighted by Crippen LogP contribution is -2.39. The molecule has 0 radical (unpaired) electrons. The molecule has 0 N–H and O–H groups in total. The van der Waals surface area contributed by atoms with Crippen LogP contribution in [0.5, 0.6) is 0 Å². The SMILES string of the molecule is C.CO[C@@H](C)CN1CCC(n2ncc(-c3cc(Sc4ccccc4C#N)c4c(C#N)cnn4c3)c2C)CC1. The van der Waals surface area contributed by atoms with Crippen LogP contribution in [0, 0.1) is 29.6 Å². The van der Waals surface area contributed by atoms with E-state index in [0.29, 0.717) is 17.2 Å². The summed E-state index contributed by atoms with van der Waals surface area (Å²) < 4.78 is 9.36. The molecule has 1 saturated heterocycles. The van der Waals surface area contributed by atoms with Crippen LogP contribution in [0.15, 0.2) is 58.7 Å². The number of nitrogens with zero attached hydrogens (tertiary/aromatic N) is 7. The number of likely N-dealkylation sites (tertiary alicyclic amines) is 1. The highest BCUT2D eigenvalue weighted by Crippen LogP contribution is 2.38. The molecule has 0 bridgehead atoms. The van der Waals surface area contributed by atoms with Gasteiger partial charge in [0, 0.05) is 59.6 Å². The molecule has 1 aromatic carbocycles. The van der Waals surface area contributed by atoms with Gasteiger partial charge >= 0.3 is 0 Å².